The van der Waals surface area contributed by atoms with E-state index in [9.17, 15) is 4.79 Å². The van der Waals surface area contributed by atoms with Gasteiger partial charge in [0.05, 0.1) is 7.11 Å². The van der Waals surface area contributed by atoms with Crippen molar-refractivity contribution in [3.8, 4) is 0 Å². The highest BCUT2D eigenvalue weighted by atomic mass is 32.2. The second-order valence-electron chi connectivity index (χ2n) is 3.27. The van der Waals surface area contributed by atoms with Gasteiger partial charge in [-0.15, -0.1) is 0 Å². The van der Waals surface area contributed by atoms with Crippen molar-refractivity contribution in [2.45, 2.75) is 26.2 Å². The Morgan fingerprint density at radius 1 is 1.67 bits per heavy atom. The second-order valence-corrected chi connectivity index (χ2v) is 4.23. The maximum Gasteiger partial charge on any atom is 0.367 e. The predicted octanol–water partition coefficient (Wildman–Crippen LogP) is 2.92. The molecule has 1 aliphatic carbocycles. The molecule has 0 radical (unpaired) electrons. The van der Waals surface area contributed by atoms with Crippen molar-refractivity contribution in [1.29, 1.82) is 0 Å². The van der Waals surface area contributed by atoms with Gasteiger partial charge in [0.25, 0.3) is 0 Å². The summed E-state index contributed by atoms with van der Waals surface area (Å²) in [7, 11) is 1.44. The highest BCUT2D eigenvalue weighted by Crippen LogP contribution is 2.39. The SMILES string of the molecule is CCC(CSC(=O)OC)C1CC1. The van der Waals surface area contributed by atoms with E-state index >= 15 is 0 Å². The molecule has 0 N–H and O–H groups in total. The number of carbonyl (C=O) groups excluding carboxylic acids is 1. The fraction of sp³-hybridized carbons (Fsp3) is 0.889. The lowest BCUT2D eigenvalue weighted by molar-refractivity contribution is 0.200. The summed E-state index contributed by atoms with van der Waals surface area (Å²) in [6.45, 7) is 2.20. The number of ether oxygens (including phenoxy) is 1. The number of hydrogen-bond donors (Lipinski definition) is 0. The number of rotatable bonds is 4. The monoisotopic (exact) mass is 188 g/mol. The lowest BCUT2D eigenvalue weighted by Crippen LogP contribution is -2.07. The Balaban J connectivity index is 2.14. The minimum Gasteiger partial charge on any atom is -0.461 e. The Labute approximate surface area is 78.1 Å². The number of methoxy groups -OCH3 is 1. The lowest BCUT2D eigenvalue weighted by Gasteiger charge is -2.11. The third-order valence-corrected chi connectivity index (χ3v) is 3.39. The van der Waals surface area contributed by atoms with E-state index in [0.717, 1.165) is 17.6 Å². The predicted molar refractivity (Wildman–Crippen MR) is 51.4 cm³/mol. The molecule has 1 rings (SSSR count). The van der Waals surface area contributed by atoms with Gasteiger partial charge >= 0.3 is 5.30 Å². The Morgan fingerprint density at radius 3 is 2.75 bits per heavy atom. The molecule has 0 aromatic rings. The molecule has 3 heteroatoms. The molecule has 0 amide bonds. The maximum absolute atomic E-state index is 10.8. The molecular formula is C9H16O2S. The largest absolute Gasteiger partial charge is 0.461 e. The Hall–Kier alpha value is -0.180. The average molecular weight is 188 g/mol. The highest BCUT2D eigenvalue weighted by Gasteiger charge is 2.30. The number of hydrogen-bond acceptors (Lipinski definition) is 3. The first-order chi connectivity index (χ1) is 5.77. The smallest absolute Gasteiger partial charge is 0.367 e. The molecule has 12 heavy (non-hydrogen) atoms. The van der Waals surface area contributed by atoms with E-state index in [2.05, 4.69) is 11.7 Å². The van der Waals surface area contributed by atoms with Crippen LogP contribution in [-0.2, 0) is 4.74 Å². The van der Waals surface area contributed by atoms with Crippen LogP contribution in [0, 0.1) is 11.8 Å². The van der Waals surface area contributed by atoms with Crippen molar-refractivity contribution < 1.29 is 9.53 Å². The van der Waals surface area contributed by atoms with Crippen molar-refractivity contribution in [3.63, 3.8) is 0 Å². The molecule has 1 atom stereocenters. The standard InChI is InChI=1S/C9H16O2S/c1-3-7(8-4-5-8)6-12-9(10)11-2/h7-8H,3-6H2,1-2H3. The van der Waals surface area contributed by atoms with Crippen LogP contribution in [0.25, 0.3) is 0 Å². The van der Waals surface area contributed by atoms with Gasteiger partial charge in [-0.2, -0.15) is 0 Å². The molecule has 1 aliphatic rings. The molecule has 70 valence electrons. The lowest BCUT2D eigenvalue weighted by atomic mass is 10.0. The van der Waals surface area contributed by atoms with E-state index < -0.39 is 0 Å². The summed E-state index contributed by atoms with van der Waals surface area (Å²) in [6, 6.07) is 0. The van der Waals surface area contributed by atoms with Gasteiger partial charge in [-0.1, -0.05) is 13.3 Å². The van der Waals surface area contributed by atoms with E-state index in [1.165, 1.54) is 38.1 Å². The van der Waals surface area contributed by atoms with Gasteiger partial charge in [0.2, 0.25) is 0 Å². The van der Waals surface area contributed by atoms with E-state index in [1.807, 2.05) is 0 Å². The van der Waals surface area contributed by atoms with Crippen LogP contribution in [0.3, 0.4) is 0 Å². The number of thioether (sulfide) groups is 1. The van der Waals surface area contributed by atoms with Crippen molar-refractivity contribution >= 4 is 17.1 Å². The molecule has 0 saturated heterocycles. The van der Waals surface area contributed by atoms with Crippen molar-refractivity contribution in [3.05, 3.63) is 0 Å². The third-order valence-electron chi connectivity index (χ3n) is 2.39. The molecule has 1 fully saturated rings. The quantitative estimate of drug-likeness (QED) is 0.634. The summed E-state index contributed by atoms with van der Waals surface area (Å²) in [5, 5.41) is -0.144. The van der Waals surface area contributed by atoms with Crippen LogP contribution in [0.15, 0.2) is 0 Å². The first-order valence-corrected chi connectivity index (χ1v) is 5.47. The van der Waals surface area contributed by atoms with Crippen LogP contribution in [0.4, 0.5) is 4.79 Å². The Morgan fingerprint density at radius 2 is 2.33 bits per heavy atom. The summed E-state index contributed by atoms with van der Waals surface area (Å²) in [5.74, 6) is 2.56. The molecule has 0 bridgehead atoms. The molecule has 0 aromatic carbocycles. The normalized spacial score (nSPS) is 18.8. The van der Waals surface area contributed by atoms with E-state index in [0.29, 0.717) is 0 Å². The topological polar surface area (TPSA) is 26.3 Å². The minimum absolute atomic E-state index is 0.144. The first kappa shape index (κ1) is 9.90. The minimum atomic E-state index is -0.144. The maximum atomic E-state index is 10.8. The summed E-state index contributed by atoms with van der Waals surface area (Å²) < 4.78 is 4.57. The van der Waals surface area contributed by atoms with Crippen molar-refractivity contribution in [2.75, 3.05) is 12.9 Å². The molecule has 1 unspecified atom stereocenters. The van der Waals surface area contributed by atoms with Gasteiger partial charge in [-0.25, -0.2) is 4.79 Å². The van der Waals surface area contributed by atoms with Gasteiger partial charge in [-0.05, 0) is 36.4 Å². The Kier molecular flexibility index (Phi) is 3.92. The molecule has 0 spiro atoms. The second kappa shape index (κ2) is 4.75. The first-order valence-electron chi connectivity index (χ1n) is 4.48. The van der Waals surface area contributed by atoms with Crippen molar-refractivity contribution in [2.24, 2.45) is 11.8 Å². The zero-order chi connectivity index (χ0) is 8.97. The van der Waals surface area contributed by atoms with Crippen molar-refractivity contribution in [1.82, 2.24) is 0 Å². The molecular weight excluding hydrogens is 172 g/mol. The van der Waals surface area contributed by atoms with Gasteiger partial charge in [-0.3, -0.25) is 0 Å². The van der Waals surface area contributed by atoms with Gasteiger partial charge in [0.1, 0.15) is 0 Å². The van der Waals surface area contributed by atoms with Crippen LogP contribution in [-0.4, -0.2) is 18.2 Å². The molecule has 0 heterocycles. The van der Waals surface area contributed by atoms with Crippen LogP contribution < -0.4 is 0 Å². The van der Waals surface area contributed by atoms with Gasteiger partial charge < -0.3 is 4.74 Å². The molecule has 2 nitrogen and oxygen atoms in total. The zero-order valence-corrected chi connectivity index (χ0v) is 8.52. The fourth-order valence-corrected chi connectivity index (χ4v) is 2.36. The van der Waals surface area contributed by atoms with Gasteiger partial charge in [0, 0.05) is 5.75 Å². The van der Waals surface area contributed by atoms with E-state index in [1.54, 1.807) is 0 Å². The van der Waals surface area contributed by atoms with E-state index in [-0.39, 0.29) is 5.30 Å². The zero-order valence-electron chi connectivity index (χ0n) is 7.71. The molecule has 1 saturated carbocycles. The van der Waals surface area contributed by atoms with Crippen LogP contribution in [0.1, 0.15) is 26.2 Å². The van der Waals surface area contributed by atoms with Crippen LogP contribution in [0.2, 0.25) is 0 Å². The highest BCUT2D eigenvalue weighted by molar-refractivity contribution is 8.13. The molecule has 0 aromatic heterocycles. The van der Waals surface area contributed by atoms with E-state index in [4.69, 9.17) is 0 Å². The Bertz CT molecular complexity index is 155. The third kappa shape index (κ3) is 3.05. The summed E-state index contributed by atoms with van der Waals surface area (Å²) in [4.78, 5) is 10.8. The molecule has 0 aliphatic heterocycles. The summed E-state index contributed by atoms with van der Waals surface area (Å²) in [6.07, 6.45) is 3.91. The summed E-state index contributed by atoms with van der Waals surface area (Å²) in [5.41, 5.74) is 0. The average Bonchev–Trinajstić information content (AvgIpc) is 2.89. The number of carbonyl (C=O) groups is 1. The van der Waals surface area contributed by atoms with Gasteiger partial charge in [0.15, 0.2) is 0 Å². The van der Waals surface area contributed by atoms with Crippen LogP contribution >= 0.6 is 11.8 Å². The van der Waals surface area contributed by atoms with Crippen LogP contribution in [0.5, 0.6) is 0 Å². The summed E-state index contributed by atoms with van der Waals surface area (Å²) >= 11 is 1.32. The fourth-order valence-electron chi connectivity index (χ4n) is 1.39.